The molecule has 0 heterocycles. The zero-order chi connectivity index (χ0) is 22.6. The molecule has 6 nitrogen and oxygen atoms in total. The van der Waals surface area contributed by atoms with Crippen LogP contribution in [0.1, 0.15) is 22.8 Å². The monoisotopic (exact) mass is 446 g/mol. The second-order valence-corrected chi connectivity index (χ2v) is 8.27. The quantitative estimate of drug-likeness (QED) is 0.550. The molecule has 0 radical (unpaired) electrons. The predicted molar refractivity (Wildman–Crippen MR) is 114 cm³/mol. The number of carbonyl (C=O) groups excluding carboxylic acids is 1. The number of rotatable bonds is 7. The number of nitrogens with one attached hydrogen (secondary N) is 2. The molecule has 0 bridgehead atoms. The highest BCUT2D eigenvalue weighted by Crippen LogP contribution is 2.25. The molecule has 2 N–H and O–H groups in total. The van der Waals surface area contributed by atoms with E-state index < -0.39 is 27.6 Å². The fourth-order valence-corrected chi connectivity index (χ4v) is 4.17. The normalized spacial score (nSPS) is 11.1. The predicted octanol–water partition coefficient (Wildman–Crippen LogP) is 4.73. The van der Waals surface area contributed by atoms with Crippen LogP contribution in [-0.2, 0) is 10.0 Å². The summed E-state index contributed by atoms with van der Waals surface area (Å²) in [5, 5.41) is 2.43. The van der Waals surface area contributed by atoms with Gasteiger partial charge in [0.1, 0.15) is 17.4 Å². The van der Waals surface area contributed by atoms with E-state index in [1.165, 1.54) is 18.2 Å². The van der Waals surface area contributed by atoms with E-state index in [2.05, 4.69) is 10.0 Å². The summed E-state index contributed by atoms with van der Waals surface area (Å²) in [6.45, 7) is 3.94. The summed E-state index contributed by atoms with van der Waals surface area (Å²) in [5.41, 5.74) is 0.570. The molecule has 0 aliphatic heterocycles. The lowest BCUT2D eigenvalue weighted by atomic mass is 10.1. The first kappa shape index (κ1) is 22.2. The summed E-state index contributed by atoms with van der Waals surface area (Å²) >= 11 is 0. The molecule has 3 rings (SSSR count). The Hall–Kier alpha value is -3.46. The van der Waals surface area contributed by atoms with Crippen molar-refractivity contribution in [3.05, 3.63) is 83.4 Å². The lowest BCUT2D eigenvalue weighted by Crippen LogP contribution is -2.17. The maximum atomic E-state index is 13.8. The number of ether oxygens (including phenoxy) is 1. The number of hydrogen-bond acceptors (Lipinski definition) is 4. The molecule has 0 aliphatic rings. The molecule has 9 heteroatoms. The number of aryl methyl sites for hydroxylation is 1. The lowest BCUT2D eigenvalue weighted by molar-refractivity contribution is 0.102. The third kappa shape index (κ3) is 5.37. The van der Waals surface area contributed by atoms with Crippen LogP contribution in [-0.4, -0.2) is 20.9 Å². The number of amides is 1. The van der Waals surface area contributed by atoms with Crippen LogP contribution in [0.3, 0.4) is 0 Å². The van der Waals surface area contributed by atoms with Gasteiger partial charge in [-0.2, -0.15) is 0 Å². The van der Waals surface area contributed by atoms with Gasteiger partial charge in [0.05, 0.1) is 17.1 Å². The molecular formula is C22H20F2N2O4S. The molecule has 162 valence electrons. The van der Waals surface area contributed by atoms with Crippen molar-refractivity contribution in [3.63, 3.8) is 0 Å². The summed E-state index contributed by atoms with van der Waals surface area (Å²) in [5.74, 6) is -2.05. The van der Waals surface area contributed by atoms with Crippen LogP contribution >= 0.6 is 0 Å². The Morgan fingerprint density at radius 1 is 0.968 bits per heavy atom. The van der Waals surface area contributed by atoms with Gasteiger partial charge in [0.2, 0.25) is 0 Å². The topological polar surface area (TPSA) is 84.5 Å². The van der Waals surface area contributed by atoms with E-state index in [0.717, 1.165) is 12.1 Å². The molecular weight excluding hydrogens is 426 g/mol. The van der Waals surface area contributed by atoms with Gasteiger partial charge in [0.15, 0.2) is 0 Å². The number of hydrogen-bond donors (Lipinski definition) is 2. The van der Waals surface area contributed by atoms with Gasteiger partial charge in [0.25, 0.3) is 15.9 Å². The van der Waals surface area contributed by atoms with Crippen LogP contribution in [0.2, 0.25) is 0 Å². The standard InChI is InChI=1S/C22H20F2N2O4S/c1-3-30-18-9-7-16(8-10-18)26-31(28,29)21-13-17(6-4-14(21)2)25-22(27)19-11-5-15(23)12-20(19)24/h4-13,26H,3H2,1-2H3,(H,25,27). The smallest absolute Gasteiger partial charge is 0.262 e. The molecule has 3 aromatic rings. The van der Waals surface area contributed by atoms with Crippen LogP contribution < -0.4 is 14.8 Å². The first-order valence-corrected chi connectivity index (χ1v) is 10.8. The van der Waals surface area contributed by atoms with Gasteiger partial charge in [-0.1, -0.05) is 6.07 Å². The Kier molecular flexibility index (Phi) is 6.55. The summed E-state index contributed by atoms with van der Waals surface area (Å²) in [4.78, 5) is 12.3. The van der Waals surface area contributed by atoms with Crippen molar-refractivity contribution in [3.8, 4) is 5.75 Å². The minimum Gasteiger partial charge on any atom is -0.494 e. The van der Waals surface area contributed by atoms with Gasteiger partial charge in [0, 0.05) is 17.4 Å². The maximum absolute atomic E-state index is 13.8. The molecule has 0 spiro atoms. The summed E-state index contributed by atoms with van der Waals surface area (Å²) in [6, 6.07) is 13.3. The highest BCUT2D eigenvalue weighted by Gasteiger charge is 2.19. The number of halogens is 2. The second kappa shape index (κ2) is 9.13. The summed E-state index contributed by atoms with van der Waals surface area (Å²) in [6.07, 6.45) is 0. The molecule has 0 aliphatic carbocycles. The molecule has 0 fully saturated rings. The largest absolute Gasteiger partial charge is 0.494 e. The van der Waals surface area contributed by atoms with E-state index in [-0.39, 0.29) is 16.1 Å². The SMILES string of the molecule is CCOc1ccc(NS(=O)(=O)c2cc(NC(=O)c3ccc(F)cc3F)ccc2C)cc1. The summed E-state index contributed by atoms with van der Waals surface area (Å²) < 4.78 is 60.5. The van der Waals surface area contributed by atoms with Crippen molar-refractivity contribution in [1.82, 2.24) is 0 Å². The van der Waals surface area contributed by atoms with Crippen molar-refractivity contribution < 1.29 is 26.7 Å². The minimum absolute atomic E-state index is 0.0567. The van der Waals surface area contributed by atoms with Crippen molar-refractivity contribution in [2.45, 2.75) is 18.7 Å². The van der Waals surface area contributed by atoms with Crippen LogP contribution in [0.25, 0.3) is 0 Å². The Labute approximate surface area is 178 Å². The van der Waals surface area contributed by atoms with Gasteiger partial charge in [-0.25, -0.2) is 17.2 Å². The van der Waals surface area contributed by atoms with Gasteiger partial charge >= 0.3 is 0 Å². The van der Waals surface area contributed by atoms with Gasteiger partial charge in [-0.3, -0.25) is 9.52 Å². The van der Waals surface area contributed by atoms with Gasteiger partial charge in [-0.05, 0) is 67.9 Å². The van der Waals surface area contributed by atoms with E-state index in [4.69, 9.17) is 4.74 Å². The van der Waals surface area contributed by atoms with E-state index in [1.54, 1.807) is 31.2 Å². The second-order valence-electron chi connectivity index (χ2n) is 6.62. The van der Waals surface area contributed by atoms with Crippen LogP contribution in [0.4, 0.5) is 20.2 Å². The van der Waals surface area contributed by atoms with Crippen LogP contribution in [0.15, 0.2) is 65.6 Å². The fraction of sp³-hybridized carbons (Fsp3) is 0.136. The molecule has 0 atom stereocenters. The first-order valence-electron chi connectivity index (χ1n) is 9.32. The van der Waals surface area contributed by atoms with E-state index >= 15 is 0 Å². The Balaban J connectivity index is 1.83. The number of sulfonamides is 1. The number of carbonyl (C=O) groups is 1. The molecule has 3 aromatic carbocycles. The van der Waals surface area contributed by atoms with Crippen molar-refractivity contribution >= 4 is 27.3 Å². The van der Waals surface area contributed by atoms with E-state index in [1.807, 2.05) is 6.92 Å². The average Bonchev–Trinajstić information content (AvgIpc) is 2.70. The van der Waals surface area contributed by atoms with Crippen molar-refractivity contribution in [2.75, 3.05) is 16.6 Å². The highest BCUT2D eigenvalue weighted by atomic mass is 32.2. The zero-order valence-corrected chi connectivity index (χ0v) is 17.6. The van der Waals surface area contributed by atoms with Crippen molar-refractivity contribution in [2.24, 2.45) is 0 Å². The Morgan fingerprint density at radius 3 is 2.29 bits per heavy atom. The van der Waals surface area contributed by atoms with Crippen LogP contribution in [0, 0.1) is 18.6 Å². The highest BCUT2D eigenvalue weighted by molar-refractivity contribution is 7.92. The molecule has 0 unspecified atom stereocenters. The zero-order valence-electron chi connectivity index (χ0n) is 16.8. The molecule has 31 heavy (non-hydrogen) atoms. The lowest BCUT2D eigenvalue weighted by Gasteiger charge is -2.13. The van der Waals surface area contributed by atoms with E-state index in [9.17, 15) is 22.0 Å². The van der Waals surface area contributed by atoms with E-state index in [0.29, 0.717) is 29.7 Å². The fourth-order valence-electron chi connectivity index (χ4n) is 2.84. The average molecular weight is 446 g/mol. The van der Waals surface area contributed by atoms with Gasteiger partial charge < -0.3 is 10.1 Å². The number of anilines is 2. The molecule has 1 amide bonds. The third-order valence-corrected chi connectivity index (χ3v) is 5.85. The van der Waals surface area contributed by atoms with Gasteiger partial charge in [-0.15, -0.1) is 0 Å². The summed E-state index contributed by atoms with van der Waals surface area (Å²) in [7, 11) is -3.97. The molecule has 0 saturated heterocycles. The third-order valence-electron chi connectivity index (χ3n) is 4.33. The first-order chi connectivity index (χ1) is 14.7. The minimum atomic E-state index is -3.97. The number of benzene rings is 3. The maximum Gasteiger partial charge on any atom is 0.262 e. The molecule has 0 saturated carbocycles. The Bertz CT molecular complexity index is 1210. The Morgan fingerprint density at radius 2 is 1.65 bits per heavy atom. The van der Waals surface area contributed by atoms with Crippen molar-refractivity contribution in [1.29, 1.82) is 0 Å². The van der Waals surface area contributed by atoms with Crippen LogP contribution in [0.5, 0.6) is 5.75 Å². The molecule has 0 aromatic heterocycles.